The Balaban J connectivity index is 2.27. The lowest BCUT2D eigenvalue weighted by Gasteiger charge is -2.12. The van der Waals surface area contributed by atoms with Crippen LogP contribution in [0, 0.1) is 6.92 Å². The normalized spacial score (nSPS) is 10.9. The average molecular weight is 435 g/mol. The van der Waals surface area contributed by atoms with Gasteiger partial charge >= 0.3 is 5.97 Å². The summed E-state index contributed by atoms with van der Waals surface area (Å²) in [5, 5.41) is 10.1. The maximum Gasteiger partial charge on any atom is 0.341 e. The summed E-state index contributed by atoms with van der Waals surface area (Å²) in [6.07, 6.45) is 0. The van der Waals surface area contributed by atoms with E-state index in [4.69, 9.17) is 38.8 Å². The molecule has 0 aliphatic rings. The third-order valence-electron chi connectivity index (χ3n) is 4.49. The summed E-state index contributed by atoms with van der Waals surface area (Å²) in [7, 11) is 0. The first kappa shape index (κ1) is 20.7. The Morgan fingerprint density at radius 3 is 2.31 bits per heavy atom. The number of fused-ring (bicyclic) bond motifs is 1. The number of halogens is 2. The van der Waals surface area contributed by atoms with Crippen molar-refractivity contribution in [2.45, 2.75) is 13.5 Å². The molecule has 3 N–H and O–H groups in total. The van der Waals surface area contributed by atoms with E-state index in [2.05, 4.69) is 0 Å². The molecule has 150 valence electrons. The number of Topliss-reactive ketones (excluding diaryl/α,β-unsaturated/α-hetero) is 1. The Morgan fingerprint density at radius 2 is 1.72 bits per heavy atom. The number of carbonyl (C=O) groups is 3. The molecule has 2 aromatic carbocycles. The zero-order chi connectivity index (χ0) is 21.3. The van der Waals surface area contributed by atoms with E-state index in [1.165, 1.54) is 6.07 Å². The number of ether oxygens (including phenoxy) is 1. The van der Waals surface area contributed by atoms with Crippen molar-refractivity contribution < 1.29 is 24.2 Å². The minimum Gasteiger partial charge on any atom is -0.481 e. The second kappa shape index (κ2) is 8.14. The van der Waals surface area contributed by atoms with Crippen molar-refractivity contribution in [1.29, 1.82) is 0 Å². The molecule has 7 nitrogen and oxygen atoms in total. The van der Waals surface area contributed by atoms with Crippen LogP contribution in [-0.4, -0.2) is 33.9 Å². The number of nitrogens with zero attached hydrogens (tertiary/aromatic N) is 1. The molecule has 3 aromatic rings. The number of carbonyl (C=O) groups excluding carboxylic acids is 2. The molecule has 0 radical (unpaired) electrons. The van der Waals surface area contributed by atoms with Gasteiger partial charge in [-0.3, -0.25) is 9.59 Å². The molecule has 0 fully saturated rings. The Hall–Kier alpha value is -3.03. The van der Waals surface area contributed by atoms with Gasteiger partial charge in [0, 0.05) is 21.3 Å². The van der Waals surface area contributed by atoms with Gasteiger partial charge in [0.05, 0.1) is 23.0 Å². The molecule has 1 heterocycles. The number of nitrogens with two attached hydrogens (primary N) is 1. The standard InChI is InChI=1S/C20H16Cl2N2O5/c1-10-17(19(27)20(23)28)18-14(6-3-7-15(18)29-9-16(25)26)24(10)8-11-12(21)4-2-5-13(11)22/h2-7H,8-9H2,1H3,(H2,23,28)(H,25,26). The Bertz CT molecular complexity index is 1130. The molecule has 0 unspecified atom stereocenters. The fourth-order valence-corrected chi connectivity index (χ4v) is 3.72. The first-order chi connectivity index (χ1) is 13.7. The van der Waals surface area contributed by atoms with Gasteiger partial charge < -0.3 is 20.1 Å². The van der Waals surface area contributed by atoms with Crippen LogP contribution >= 0.6 is 23.2 Å². The highest BCUT2D eigenvalue weighted by Gasteiger charge is 2.26. The van der Waals surface area contributed by atoms with Crippen molar-refractivity contribution in [2.75, 3.05) is 6.61 Å². The summed E-state index contributed by atoms with van der Waals surface area (Å²) in [6.45, 7) is 1.26. The molecule has 0 saturated heterocycles. The van der Waals surface area contributed by atoms with E-state index in [0.29, 0.717) is 32.2 Å². The first-order valence-corrected chi connectivity index (χ1v) is 9.21. The molecule has 29 heavy (non-hydrogen) atoms. The first-order valence-electron chi connectivity index (χ1n) is 8.45. The van der Waals surface area contributed by atoms with E-state index in [9.17, 15) is 14.4 Å². The Morgan fingerprint density at radius 1 is 1.10 bits per heavy atom. The molecule has 3 rings (SSSR count). The number of benzene rings is 2. The van der Waals surface area contributed by atoms with Gasteiger partial charge in [-0.25, -0.2) is 4.79 Å². The van der Waals surface area contributed by atoms with Gasteiger partial charge in [0.1, 0.15) is 5.75 Å². The number of hydrogen-bond donors (Lipinski definition) is 2. The van der Waals surface area contributed by atoms with Crippen LogP contribution < -0.4 is 10.5 Å². The van der Waals surface area contributed by atoms with E-state index >= 15 is 0 Å². The predicted molar refractivity (Wildman–Crippen MR) is 109 cm³/mol. The molecule has 0 bridgehead atoms. The minimum atomic E-state index is -1.18. The van der Waals surface area contributed by atoms with E-state index in [1.54, 1.807) is 41.8 Å². The average Bonchev–Trinajstić information content (AvgIpc) is 2.94. The quantitative estimate of drug-likeness (QED) is 0.436. The van der Waals surface area contributed by atoms with Crippen molar-refractivity contribution >= 4 is 51.8 Å². The number of carboxylic acid groups (broad SMARTS) is 1. The van der Waals surface area contributed by atoms with Crippen molar-refractivity contribution in [2.24, 2.45) is 5.73 Å². The number of primary amides is 1. The van der Waals surface area contributed by atoms with Crippen LogP contribution in [0.5, 0.6) is 5.75 Å². The van der Waals surface area contributed by atoms with Gasteiger partial charge in [-0.1, -0.05) is 35.3 Å². The third kappa shape index (κ3) is 3.92. The van der Waals surface area contributed by atoms with Crippen molar-refractivity contribution in [1.82, 2.24) is 4.57 Å². The lowest BCUT2D eigenvalue weighted by molar-refractivity contribution is -0.139. The molecule has 9 heteroatoms. The van der Waals surface area contributed by atoms with Gasteiger partial charge in [0.15, 0.2) is 6.61 Å². The monoisotopic (exact) mass is 434 g/mol. The number of amides is 1. The fourth-order valence-electron chi connectivity index (χ4n) is 3.20. The summed E-state index contributed by atoms with van der Waals surface area (Å²) in [5.41, 5.74) is 6.92. The molecule has 0 saturated carbocycles. The van der Waals surface area contributed by atoms with Crippen molar-refractivity contribution in [3.63, 3.8) is 0 Å². The Labute approximate surface area is 175 Å². The number of ketones is 1. The largest absolute Gasteiger partial charge is 0.481 e. The second-order valence-electron chi connectivity index (χ2n) is 6.27. The van der Waals surface area contributed by atoms with Crippen LogP contribution in [0.2, 0.25) is 10.0 Å². The van der Waals surface area contributed by atoms with Crippen LogP contribution in [0.1, 0.15) is 21.6 Å². The third-order valence-corrected chi connectivity index (χ3v) is 5.20. The van der Waals surface area contributed by atoms with Gasteiger partial charge in [0.25, 0.3) is 11.7 Å². The maximum absolute atomic E-state index is 12.6. The van der Waals surface area contributed by atoms with E-state index in [0.717, 1.165) is 0 Å². The lowest BCUT2D eigenvalue weighted by atomic mass is 10.1. The zero-order valence-corrected chi connectivity index (χ0v) is 16.8. The summed E-state index contributed by atoms with van der Waals surface area (Å²) < 4.78 is 7.10. The molecule has 1 amide bonds. The minimum absolute atomic E-state index is 0.0525. The van der Waals surface area contributed by atoms with Crippen molar-refractivity contribution in [3.8, 4) is 5.75 Å². The molecule has 1 aromatic heterocycles. The SMILES string of the molecule is Cc1c(C(=O)C(N)=O)c2c(OCC(=O)O)cccc2n1Cc1c(Cl)cccc1Cl. The fraction of sp³-hybridized carbons (Fsp3) is 0.150. The van der Waals surface area contributed by atoms with Gasteiger partial charge in [-0.15, -0.1) is 0 Å². The summed E-state index contributed by atoms with van der Waals surface area (Å²) in [6, 6.07) is 10.0. The summed E-state index contributed by atoms with van der Waals surface area (Å²) in [5.74, 6) is -3.05. The number of aliphatic carboxylic acids is 1. The summed E-state index contributed by atoms with van der Waals surface area (Å²) in [4.78, 5) is 35.1. The Kier molecular flexibility index (Phi) is 5.81. The highest BCUT2D eigenvalue weighted by molar-refractivity contribution is 6.45. The topological polar surface area (TPSA) is 112 Å². The maximum atomic E-state index is 12.6. The number of hydrogen-bond acceptors (Lipinski definition) is 4. The second-order valence-corrected chi connectivity index (χ2v) is 7.09. The van der Waals surface area contributed by atoms with E-state index in [-0.39, 0.29) is 17.9 Å². The van der Waals surface area contributed by atoms with E-state index < -0.39 is 24.3 Å². The molecular formula is C20H16Cl2N2O5. The predicted octanol–water partition coefficient (Wildman–Crippen LogP) is 3.44. The molecular weight excluding hydrogens is 419 g/mol. The van der Waals surface area contributed by atoms with Crippen LogP contribution in [0.15, 0.2) is 36.4 Å². The number of carboxylic acids is 1. The van der Waals surface area contributed by atoms with Crippen LogP contribution in [0.25, 0.3) is 10.9 Å². The van der Waals surface area contributed by atoms with Crippen LogP contribution in [-0.2, 0) is 16.1 Å². The van der Waals surface area contributed by atoms with Gasteiger partial charge in [-0.05, 0) is 31.2 Å². The molecule has 0 atom stereocenters. The van der Waals surface area contributed by atoms with Gasteiger partial charge in [-0.2, -0.15) is 0 Å². The van der Waals surface area contributed by atoms with Crippen molar-refractivity contribution in [3.05, 3.63) is 63.3 Å². The smallest absolute Gasteiger partial charge is 0.341 e. The molecule has 0 spiro atoms. The van der Waals surface area contributed by atoms with Crippen LogP contribution in [0.4, 0.5) is 0 Å². The highest BCUT2D eigenvalue weighted by Crippen LogP contribution is 2.36. The zero-order valence-electron chi connectivity index (χ0n) is 15.2. The number of rotatable bonds is 7. The lowest BCUT2D eigenvalue weighted by Crippen LogP contribution is -2.24. The molecule has 0 aliphatic heterocycles. The molecule has 0 aliphatic carbocycles. The highest BCUT2D eigenvalue weighted by atomic mass is 35.5. The van der Waals surface area contributed by atoms with Gasteiger partial charge in [0.2, 0.25) is 0 Å². The van der Waals surface area contributed by atoms with E-state index in [1.807, 2.05) is 0 Å². The number of aromatic nitrogens is 1. The summed E-state index contributed by atoms with van der Waals surface area (Å²) >= 11 is 12.6. The van der Waals surface area contributed by atoms with Crippen LogP contribution in [0.3, 0.4) is 0 Å².